The molecular formula is C6H10F2O. The predicted octanol–water partition coefficient (Wildman–Crippen LogP) is 1.21. The number of hydrogen-bond acceptors (Lipinski definition) is 1. The van der Waals surface area contributed by atoms with Crippen LogP contribution in [0.3, 0.4) is 0 Å². The fourth-order valence-electron chi connectivity index (χ4n) is 1.06. The van der Waals surface area contributed by atoms with E-state index >= 15 is 0 Å². The lowest BCUT2D eigenvalue weighted by Gasteiger charge is -2.23. The van der Waals surface area contributed by atoms with Crippen molar-refractivity contribution in [3.63, 3.8) is 0 Å². The molecule has 1 nitrogen and oxygen atoms in total. The van der Waals surface area contributed by atoms with Crippen molar-refractivity contribution in [2.24, 2.45) is 0 Å². The Hall–Kier alpha value is -0.180. The summed E-state index contributed by atoms with van der Waals surface area (Å²) < 4.78 is 24.6. The van der Waals surface area contributed by atoms with Crippen molar-refractivity contribution in [1.29, 1.82) is 0 Å². The summed E-state index contributed by atoms with van der Waals surface area (Å²) in [5, 5.41) is 8.79. The van der Waals surface area contributed by atoms with Gasteiger partial charge in [-0.2, -0.15) is 0 Å². The highest BCUT2D eigenvalue weighted by molar-refractivity contribution is 4.78. The van der Waals surface area contributed by atoms with Crippen molar-refractivity contribution in [2.75, 3.05) is 0 Å². The Kier molecular flexibility index (Phi) is 2.01. The molecule has 0 radical (unpaired) electrons. The molecule has 0 unspecified atom stereocenters. The van der Waals surface area contributed by atoms with E-state index in [0.717, 1.165) is 0 Å². The molecule has 1 aliphatic rings. The van der Waals surface area contributed by atoms with E-state index < -0.39 is 18.4 Å². The van der Waals surface area contributed by atoms with E-state index in [0.29, 0.717) is 6.42 Å². The third kappa shape index (κ3) is 1.61. The molecule has 0 aromatic carbocycles. The minimum atomic E-state index is -1.44. The second-order valence-electron chi connectivity index (χ2n) is 2.50. The van der Waals surface area contributed by atoms with Crippen LogP contribution in [0.1, 0.15) is 19.3 Å². The summed E-state index contributed by atoms with van der Waals surface area (Å²) >= 11 is 0. The van der Waals surface area contributed by atoms with Crippen LogP contribution in [0.25, 0.3) is 0 Å². The first-order chi connectivity index (χ1) is 4.20. The van der Waals surface area contributed by atoms with E-state index in [1.165, 1.54) is 0 Å². The van der Waals surface area contributed by atoms with Crippen molar-refractivity contribution >= 4 is 0 Å². The Labute approximate surface area is 52.7 Å². The summed E-state index contributed by atoms with van der Waals surface area (Å²) in [4.78, 5) is 0. The Balaban J connectivity index is 2.35. The summed E-state index contributed by atoms with van der Waals surface area (Å²) in [6.07, 6.45) is -2.85. The van der Waals surface area contributed by atoms with Crippen LogP contribution in [0.15, 0.2) is 0 Å². The van der Waals surface area contributed by atoms with Crippen LogP contribution in [0, 0.1) is 0 Å². The van der Waals surface area contributed by atoms with E-state index in [4.69, 9.17) is 5.11 Å². The van der Waals surface area contributed by atoms with Crippen LogP contribution < -0.4 is 0 Å². The van der Waals surface area contributed by atoms with Gasteiger partial charge in [0, 0.05) is 6.42 Å². The maximum absolute atomic E-state index is 12.3. The monoisotopic (exact) mass is 136 g/mol. The molecule has 0 aliphatic heterocycles. The molecule has 0 amide bonds. The van der Waals surface area contributed by atoms with Crippen LogP contribution in [0.5, 0.6) is 0 Å². The zero-order chi connectivity index (χ0) is 6.85. The predicted molar refractivity (Wildman–Crippen MR) is 29.6 cm³/mol. The molecule has 1 N–H and O–H groups in total. The summed E-state index contributed by atoms with van der Waals surface area (Å²) in [6, 6.07) is 0. The van der Waals surface area contributed by atoms with Gasteiger partial charge in [0.15, 0.2) is 0 Å². The van der Waals surface area contributed by atoms with Gasteiger partial charge >= 0.3 is 0 Å². The number of halogens is 2. The Morgan fingerprint density at radius 3 is 2.22 bits per heavy atom. The van der Waals surface area contributed by atoms with Gasteiger partial charge in [-0.25, -0.2) is 8.78 Å². The number of rotatable bonds is 0. The van der Waals surface area contributed by atoms with E-state index in [-0.39, 0.29) is 12.8 Å². The Morgan fingerprint density at radius 2 is 1.78 bits per heavy atom. The number of hydrogen-bond donors (Lipinski definition) is 1. The van der Waals surface area contributed by atoms with Gasteiger partial charge in [0.05, 0.1) is 6.10 Å². The molecule has 3 atom stereocenters. The van der Waals surface area contributed by atoms with Gasteiger partial charge in [0.25, 0.3) is 0 Å². The molecule has 1 rings (SSSR count). The normalized spacial score (nSPS) is 45.0. The molecule has 54 valence electrons. The van der Waals surface area contributed by atoms with Crippen molar-refractivity contribution in [3.8, 4) is 0 Å². The average Bonchev–Trinajstić information content (AvgIpc) is 1.80. The maximum atomic E-state index is 12.3. The molecule has 1 fully saturated rings. The molecule has 0 saturated heterocycles. The molecule has 9 heavy (non-hydrogen) atoms. The van der Waals surface area contributed by atoms with E-state index in [2.05, 4.69) is 0 Å². The van der Waals surface area contributed by atoms with Crippen LogP contribution in [-0.4, -0.2) is 23.6 Å². The minimum Gasteiger partial charge on any atom is -0.393 e. The SMILES string of the molecule is O[C@H]1CC[C@@H](F)[C@@H](F)C1. The van der Waals surface area contributed by atoms with Crippen LogP contribution in [-0.2, 0) is 0 Å². The van der Waals surface area contributed by atoms with Crippen molar-refractivity contribution in [3.05, 3.63) is 0 Å². The lowest BCUT2D eigenvalue weighted by Crippen LogP contribution is -2.30. The molecular weight excluding hydrogens is 126 g/mol. The second-order valence-corrected chi connectivity index (χ2v) is 2.50. The zero-order valence-electron chi connectivity index (χ0n) is 5.06. The Bertz CT molecular complexity index is 97.1. The largest absolute Gasteiger partial charge is 0.393 e. The maximum Gasteiger partial charge on any atom is 0.134 e. The molecule has 3 heteroatoms. The number of aliphatic hydroxyl groups excluding tert-OH is 1. The van der Waals surface area contributed by atoms with E-state index in [1.54, 1.807) is 0 Å². The van der Waals surface area contributed by atoms with Gasteiger partial charge < -0.3 is 5.11 Å². The van der Waals surface area contributed by atoms with Crippen LogP contribution in [0.4, 0.5) is 8.78 Å². The van der Waals surface area contributed by atoms with Gasteiger partial charge in [0.1, 0.15) is 12.3 Å². The molecule has 0 bridgehead atoms. The molecule has 1 aliphatic carbocycles. The first kappa shape index (κ1) is 6.93. The highest BCUT2D eigenvalue weighted by Gasteiger charge is 2.28. The standard InChI is InChI=1S/C6H10F2O/c7-5-2-1-4(9)3-6(5)8/h4-6,9H,1-3H2/t4-,5+,6-/m0/s1. The average molecular weight is 136 g/mol. The van der Waals surface area contributed by atoms with Crippen molar-refractivity contribution < 1.29 is 13.9 Å². The molecule has 0 aromatic heterocycles. The zero-order valence-corrected chi connectivity index (χ0v) is 5.06. The summed E-state index contributed by atoms with van der Waals surface area (Å²) in [5.41, 5.74) is 0. The van der Waals surface area contributed by atoms with Crippen molar-refractivity contribution in [1.82, 2.24) is 0 Å². The molecule has 1 saturated carbocycles. The van der Waals surface area contributed by atoms with Crippen LogP contribution >= 0.6 is 0 Å². The molecule has 0 aromatic rings. The minimum absolute atomic E-state index is 0.0266. The lowest BCUT2D eigenvalue weighted by molar-refractivity contribution is 0.0315. The van der Waals surface area contributed by atoms with Gasteiger partial charge in [-0.15, -0.1) is 0 Å². The lowest BCUT2D eigenvalue weighted by atomic mass is 9.95. The van der Waals surface area contributed by atoms with E-state index in [1.807, 2.05) is 0 Å². The Morgan fingerprint density at radius 1 is 1.11 bits per heavy atom. The van der Waals surface area contributed by atoms with Crippen molar-refractivity contribution in [2.45, 2.75) is 37.7 Å². The summed E-state index contributed by atoms with van der Waals surface area (Å²) in [6.45, 7) is 0. The summed E-state index contributed by atoms with van der Waals surface area (Å²) in [7, 11) is 0. The first-order valence-corrected chi connectivity index (χ1v) is 3.16. The molecule has 0 heterocycles. The van der Waals surface area contributed by atoms with Gasteiger partial charge in [-0.1, -0.05) is 0 Å². The molecule has 0 spiro atoms. The third-order valence-electron chi connectivity index (χ3n) is 1.67. The number of alkyl halides is 2. The van der Waals surface area contributed by atoms with E-state index in [9.17, 15) is 8.78 Å². The first-order valence-electron chi connectivity index (χ1n) is 3.16. The van der Waals surface area contributed by atoms with Crippen LogP contribution in [0.2, 0.25) is 0 Å². The van der Waals surface area contributed by atoms with Gasteiger partial charge in [-0.3, -0.25) is 0 Å². The third-order valence-corrected chi connectivity index (χ3v) is 1.67. The topological polar surface area (TPSA) is 20.2 Å². The highest BCUT2D eigenvalue weighted by Crippen LogP contribution is 2.23. The smallest absolute Gasteiger partial charge is 0.134 e. The fourth-order valence-corrected chi connectivity index (χ4v) is 1.06. The fraction of sp³-hybridized carbons (Fsp3) is 1.00. The van der Waals surface area contributed by atoms with Gasteiger partial charge in [0.2, 0.25) is 0 Å². The summed E-state index contributed by atoms with van der Waals surface area (Å²) in [5.74, 6) is 0. The second kappa shape index (κ2) is 2.60. The quantitative estimate of drug-likeness (QED) is 0.530. The number of aliphatic hydroxyl groups is 1. The highest BCUT2D eigenvalue weighted by atomic mass is 19.2. The van der Waals surface area contributed by atoms with Gasteiger partial charge in [-0.05, 0) is 12.8 Å².